The summed E-state index contributed by atoms with van der Waals surface area (Å²) < 4.78 is 29.3. The number of likely N-dealkylation sites (tertiary alicyclic amines) is 1. The number of nitrogens with zero attached hydrogens (tertiary/aromatic N) is 1. The number of carbonyl (C=O) groups excluding carboxylic acids is 2. The van der Waals surface area contributed by atoms with Crippen molar-refractivity contribution >= 4 is 12.0 Å². The highest BCUT2D eigenvalue weighted by molar-refractivity contribution is 5.76. The molecule has 1 unspecified atom stereocenters. The molecule has 1 fully saturated rings. The maximum absolute atomic E-state index is 13.1. The number of nitrogens with one attached hydrogen (secondary N) is 1. The van der Waals surface area contributed by atoms with Gasteiger partial charge in [0.05, 0.1) is 19.8 Å². The van der Waals surface area contributed by atoms with Gasteiger partial charge in [-0.25, -0.2) is 9.18 Å². The van der Waals surface area contributed by atoms with Crippen LogP contribution in [0.1, 0.15) is 53.0 Å². The number of hydrogen-bond donors (Lipinski definition) is 1. The van der Waals surface area contributed by atoms with E-state index in [1.54, 1.807) is 11.0 Å². The summed E-state index contributed by atoms with van der Waals surface area (Å²) in [5, 5.41) is 2.61. The van der Waals surface area contributed by atoms with Crippen LogP contribution in [0.15, 0.2) is 18.2 Å². The molecule has 31 heavy (non-hydrogen) atoms. The van der Waals surface area contributed by atoms with Gasteiger partial charge >= 0.3 is 6.09 Å². The Morgan fingerprint density at radius 1 is 1.16 bits per heavy atom. The van der Waals surface area contributed by atoms with Crippen LogP contribution in [0, 0.1) is 12.7 Å². The molecule has 1 aromatic rings. The maximum Gasteiger partial charge on any atom is 0.407 e. The van der Waals surface area contributed by atoms with E-state index in [1.807, 2.05) is 41.5 Å². The van der Waals surface area contributed by atoms with Crippen molar-refractivity contribution in [3.8, 4) is 5.75 Å². The highest BCUT2D eigenvalue weighted by Crippen LogP contribution is 2.18. The zero-order valence-electron chi connectivity index (χ0n) is 19.8. The molecule has 0 saturated carbocycles. The number of ether oxygens (including phenoxy) is 3. The van der Waals surface area contributed by atoms with E-state index in [1.165, 1.54) is 12.1 Å². The summed E-state index contributed by atoms with van der Waals surface area (Å²) >= 11 is 0. The van der Waals surface area contributed by atoms with Crippen molar-refractivity contribution < 1.29 is 28.2 Å². The van der Waals surface area contributed by atoms with Crippen molar-refractivity contribution in [2.75, 3.05) is 39.5 Å². The molecule has 2 rings (SSSR count). The van der Waals surface area contributed by atoms with E-state index in [0.717, 1.165) is 5.56 Å². The smallest absolute Gasteiger partial charge is 0.407 e. The zero-order valence-corrected chi connectivity index (χ0v) is 19.8. The van der Waals surface area contributed by atoms with E-state index in [4.69, 9.17) is 14.2 Å². The van der Waals surface area contributed by atoms with E-state index in [2.05, 4.69) is 5.32 Å². The second-order valence-corrected chi connectivity index (χ2v) is 6.31. The summed E-state index contributed by atoms with van der Waals surface area (Å²) in [7, 11) is 0. The van der Waals surface area contributed by atoms with Gasteiger partial charge in [0.25, 0.3) is 0 Å². The summed E-state index contributed by atoms with van der Waals surface area (Å²) in [5.41, 5.74) is 0.854. The van der Waals surface area contributed by atoms with Crippen LogP contribution in [-0.2, 0) is 14.3 Å². The Kier molecular flexibility index (Phi) is 16.0. The van der Waals surface area contributed by atoms with E-state index >= 15 is 0 Å². The second kappa shape index (κ2) is 17.3. The number of alkyl carbamates (subject to hydrolysis) is 1. The van der Waals surface area contributed by atoms with E-state index in [-0.39, 0.29) is 24.4 Å². The minimum Gasteiger partial charge on any atom is -0.491 e. The summed E-state index contributed by atoms with van der Waals surface area (Å²) in [6.45, 7) is 14.0. The number of hydrogen-bond acceptors (Lipinski definition) is 5. The van der Waals surface area contributed by atoms with Crippen LogP contribution < -0.4 is 10.1 Å². The summed E-state index contributed by atoms with van der Waals surface area (Å²) in [6, 6.07) is 4.38. The van der Waals surface area contributed by atoms with Gasteiger partial charge in [-0.1, -0.05) is 40.7 Å². The molecule has 1 N–H and O–H groups in total. The van der Waals surface area contributed by atoms with Crippen LogP contribution in [0.25, 0.3) is 0 Å². The Hall–Kier alpha value is -2.35. The lowest BCUT2D eigenvalue weighted by Gasteiger charge is -2.16. The first-order valence-corrected chi connectivity index (χ1v) is 11.2. The summed E-state index contributed by atoms with van der Waals surface area (Å²) in [6.07, 6.45) is 0.344. The molecule has 2 amide bonds. The lowest BCUT2D eigenvalue weighted by atomic mass is 10.2. The topological polar surface area (TPSA) is 77.1 Å². The van der Waals surface area contributed by atoms with Crippen LogP contribution in [0.5, 0.6) is 5.75 Å². The fourth-order valence-corrected chi connectivity index (χ4v) is 2.73. The quantitative estimate of drug-likeness (QED) is 0.577. The molecule has 0 spiro atoms. The normalized spacial score (nSPS) is 14.5. The number of amides is 2. The molecule has 1 atom stereocenters. The molecular weight excluding hydrogens is 403 g/mol. The molecule has 1 heterocycles. The molecule has 1 saturated heterocycles. The number of benzene rings is 1. The molecule has 1 aliphatic heterocycles. The first-order chi connectivity index (χ1) is 15.0. The molecule has 7 nitrogen and oxygen atoms in total. The van der Waals surface area contributed by atoms with E-state index in [9.17, 15) is 14.0 Å². The lowest BCUT2D eigenvalue weighted by Crippen LogP contribution is -2.34. The second-order valence-electron chi connectivity index (χ2n) is 6.31. The monoisotopic (exact) mass is 442 g/mol. The van der Waals surface area contributed by atoms with Gasteiger partial charge in [0, 0.05) is 32.0 Å². The molecular formula is C23H39FN2O5. The van der Waals surface area contributed by atoms with Gasteiger partial charge in [0.2, 0.25) is 5.91 Å². The third-order valence-corrected chi connectivity index (χ3v) is 4.23. The van der Waals surface area contributed by atoms with Gasteiger partial charge < -0.3 is 24.4 Å². The van der Waals surface area contributed by atoms with Crippen molar-refractivity contribution in [3.63, 3.8) is 0 Å². The summed E-state index contributed by atoms with van der Waals surface area (Å²) in [5.74, 6) is 0.224. The standard InChI is InChI=1S/C19H27FN2O5.2C2H6/c1-3-18(23)22-8-6-16(13-22)27-19(24)21-7-9-25-10-11-26-17-12-15(20)5-4-14(17)2;2*1-2/h4-5,12,16H,3,6-11,13H2,1-2H3,(H,21,24);2*1-2H3. The van der Waals surface area contributed by atoms with Crippen molar-refractivity contribution in [1.82, 2.24) is 10.2 Å². The Bertz CT molecular complexity index is 642. The Morgan fingerprint density at radius 3 is 2.55 bits per heavy atom. The maximum atomic E-state index is 13.1. The Labute approximate surface area is 186 Å². The van der Waals surface area contributed by atoms with E-state index < -0.39 is 6.09 Å². The third-order valence-electron chi connectivity index (χ3n) is 4.23. The highest BCUT2D eigenvalue weighted by Gasteiger charge is 2.27. The molecule has 1 aromatic carbocycles. The van der Waals surface area contributed by atoms with Crippen molar-refractivity contribution in [3.05, 3.63) is 29.6 Å². The van der Waals surface area contributed by atoms with Gasteiger partial charge in [-0.2, -0.15) is 0 Å². The van der Waals surface area contributed by atoms with Crippen LogP contribution in [0.4, 0.5) is 9.18 Å². The Balaban J connectivity index is 0.00000212. The average Bonchev–Trinajstić information content (AvgIpc) is 3.26. The minimum absolute atomic E-state index is 0.0746. The SMILES string of the molecule is CC.CC.CCC(=O)N1CCC(OC(=O)NCCOCCOc2cc(F)ccc2C)C1. The molecule has 0 aromatic heterocycles. The van der Waals surface area contributed by atoms with Crippen molar-refractivity contribution in [2.45, 2.75) is 60.5 Å². The number of carbonyl (C=O) groups is 2. The predicted molar refractivity (Wildman–Crippen MR) is 120 cm³/mol. The zero-order chi connectivity index (χ0) is 23.6. The Morgan fingerprint density at radius 2 is 1.87 bits per heavy atom. The predicted octanol–water partition coefficient (Wildman–Crippen LogP) is 4.32. The van der Waals surface area contributed by atoms with Crippen LogP contribution in [-0.4, -0.2) is 62.5 Å². The molecule has 8 heteroatoms. The largest absolute Gasteiger partial charge is 0.491 e. The average molecular weight is 443 g/mol. The van der Waals surface area contributed by atoms with Crippen LogP contribution >= 0.6 is 0 Å². The molecule has 1 aliphatic rings. The highest BCUT2D eigenvalue weighted by atomic mass is 19.1. The minimum atomic E-state index is -0.513. The van der Waals surface area contributed by atoms with Gasteiger partial charge in [-0.05, 0) is 18.6 Å². The number of rotatable bonds is 9. The van der Waals surface area contributed by atoms with Crippen molar-refractivity contribution in [1.29, 1.82) is 0 Å². The molecule has 0 aliphatic carbocycles. The van der Waals surface area contributed by atoms with E-state index in [0.29, 0.717) is 51.4 Å². The van der Waals surface area contributed by atoms with Crippen LogP contribution in [0.2, 0.25) is 0 Å². The lowest BCUT2D eigenvalue weighted by molar-refractivity contribution is -0.130. The summed E-state index contributed by atoms with van der Waals surface area (Å²) in [4.78, 5) is 25.0. The fraction of sp³-hybridized carbons (Fsp3) is 0.652. The molecule has 0 radical (unpaired) electrons. The van der Waals surface area contributed by atoms with Gasteiger partial charge in [-0.15, -0.1) is 0 Å². The van der Waals surface area contributed by atoms with Gasteiger partial charge in [0.1, 0.15) is 24.3 Å². The van der Waals surface area contributed by atoms with Gasteiger partial charge in [0.15, 0.2) is 0 Å². The molecule has 178 valence electrons. The molecule has 0 bridgehead atoms. The van der Waals surface area contributed by atoms with Crippen LogP contribution in [0.3, 0.4) is 0 Å². The first kappa shape index (κ1) is 28.6. The fourth-order valence-electron chi connectivity index (χ4n) is 2.73. The first-order valence-electron chi connectivity index (χ1n) is 11.2. The number of halogens is 1. The van der Waals surface area contributed by atoms with Crippen molar-refractivity contribution in [2.24, 2.45) is 0 Å². The number of aryl methyl sites for hydroxylation is 1. The van der Waals surface area contributed by atoms with Gasteiger partial charge in [-0.3, -0.25) is 4.79 Å². The third kappa shape index (κ3) is 11.6.